The van der Waals surface area contributed by atoms with E-state index in [0.29, 0.717) is 0 Å². The quantitative estimate of drug-likeness (QED) is 0.126. The predicted octanol–water partition coefficient (Wildman–Crippen LogP) is 12.5. The molecule has 8 rings (SSSR count). The van der Waals surface area contributed by atoms with Crippen LogP contribution in [0.3, 0.4) is 0 Å². The van der Waals surface area contributed by atoms with Gasteiger partial charge in [-0.1, -0.05) is 109 Å². The number of fused-ring (bicyclic) bond motifs is 2. The third-order valence-corrected chi connectivity index (χ3v) is 8.25. The van der Waals surface area contributed by atoms with Crippen LogP contribution in [0, 0.1) is 13.8 Å². The van der Waals surface area contributed by atoms with Crippen LogP contribution >= 0.6 is 24.8 Å². The predicted molar refractivity (Wildman–Crippen MR) is 195 cm³/mol. The molecule has 44 heavy (non-hydrogen) atoms. The molecule has 6 aromatic rings. The zero-order valence-electron chi connectivity index (χ0n) is 26.2. The minimum absolute atomic E-state index is 0. The summed E-state index contributed by atoms with van der Waals surface area (Å²) >= 11 is 1.74. The van der Waals surface area contributed by atoms with Crippen molar-refractivity contribution in [3.63, 3.8) is 0 Å². The van der Waals surface area contributed by atoms with E-state index in [2.05, 4.69) is 136 Å². The number of benzene rings is 4. The van der Waals surface area contributed by atoms with Crippen molar-refractivity contribution in [2.45, 2.75) is 64.5 Å². The van der Waals surface area contributed by atoms with Crippen LogP contribution in [0.1, 0.15) is 59.8 Å². The molecule has 0 aromatic heterocycles. The Morgan fingerprint density at radius 3 is 1.23 bits per heavy atom. The van der Waals surface area contributed by atoms with Crippen molar-refractivity contribution in [3.8, 4) is 22.3 Å². The zero-order valence-corrected chi connectivity index (χ0v) is 31.3. The molecule has 0 radical (unpaired) electrons. The van der Waals surface area contributed by atoms with E-state index in [1.807, 2.05) is 0 Å². The first-order valence-electron chi connectivity index (χ1n) is 15.4. The van der Waals surface area contributed by atoms with E-state index in [1.165, 1.54) is 91.7 Å². The van der Waals surface area contributed by atoms with E-state index >= 15 is 0 Å². The molecule has 2 aliphatic carbocycles. The summed E-state index contributed by atoms with van der Waals surface area (Å²) in [7, 11) is 0. The van der Waals surface area contributed by atoms with Crippen molar-refractivity contribution in [1.82, 2.24) is 0 Å². The Balaban J connectivity index is 0.000000172. The summed E-state index contributed by atoms with van der Waals surface area (Å²) < 4.78 is 0. The third-order valence-electron chi connectivity index (χ3n) is 8.25. The molecule has 0 N–H and O–H groups in total. The van der Waals surface area contributed by atoms with Crippen LogP contribution in [-0.2, 0) is 23.3 Å². The molecule has 0 atom stereocenters. The van der Waals surface area contributed by atoms with Crippen LogP contribution < -0.4 is 0 Å². The van der Waals surface area contributed by atoms with E-state index in [9.17, 15) is 0 Å². The average molecular weight is 713 g/mol. The topological polar surface area (TPSA) is 0 Å². The van der Waals surface area contributed by atoms with Crippen molar-refractivity contribution in [1.29, 1.82) is 0 Å². The molecule has 6 aromatic carbocycles. The second-order valence-electron chi connectivity index (χ2n) is 12.5. The molecule has 0 nitrogen and oxygen atoms in total. The molecule has 0 aliphatic heterocycles. The van der Waals surface area contributed by atoms with Crippen LogP contribution in [0.15, 0.2) is 109 Å². The minimum Gasteiger partial charge on any atom is -0.165 e. The van der Waals surface area contributed by atoms with Crippen LogP contribution in [0.25, 0.3) is 43.8 Å². The van der Waals surface area contributed by atoms with Crippen molar-refractivity contribution in [2.24, 2.45) is 0 Å². The van der Waals surface area contributed by atoms with Crippen LogP contribution in [0.2, 0.25) is 13.1 Å². The van der Waals surface area contributed by atoms with E-state index in [-0.39, 0.29) is 30.2 Å². The van der Waals surface area contributed by atoms with Gasteiger partial charge >= 0.3 is 41.9 Å². The van der Waals surface area contributed by atoms with Crippen molar-refractivity contribution >= 4 is 51.8 Å². The summed E-state index contributed by atoms with van der Waals surface area (Å²) in [4.78, 5) is 0. The number of halogens is 2. The van der Waals surface area contributed by atoms with E-state index in [0.717, 1.165) is 11.8 Å². The van der Waals surface area contributed by atoms with Crippen LogP contribution in [-0.4, -0.2) is 5.43 Å². The van der Waals surface area contributed by atoms with Crippen molar-refractivity contribution < 1.29 is 23.3 Å². The van der Waals surface area contributed by atoms with Gasteiger partial charge in [0.05, 0.1) is 0 Å². The van der Waals surface area contributed by atoms with Gasteiger partial charge in [0.25, 0.3) is 0 Å². The van der Waals surface area contributed by atoms with Gasteiger partial charge in [-0.05, 0) is 48.6 Å². The minimum atomic E-state index is 0. The average Bonchev–Trinajstić information content (AvgIpc) is 3.91. The fraction of sp³-hybridized carbons (Fsp3) is 0.250. The molecule has 4 heteroatoms. The fourth-order valence-electron chi connectivity index (χ4n) is 6.01. The monoisotopic (exact) mass is 710 g/mol. The molecule has 2 aliphatic rings. The van der Waals surface area contributed by atoms with Gasteiger partial charge in [-0.3, -0.25) is 0 Å². The van der Waals surface area contributed by atoms with Gasteiger partial charge in [0.15, 0.2) is 0 Å². The number of hydrogen-bond donors (Lipinski definition) is 0. The molecule has 0 bridgehead atoms. The molecule has 0 saturated heterocycles. The van der Waals surface area contributed by atoms with Crippen LogP contribution in [0.4, 0.5) is 0 Å². The van der Waals surface area contributed by atoms with Gasteiger partial charge in [-0.2, -0.15) is 12.1 Å². The Morgan fingerprint density at radius 2 is 0.909 bits per heavy atom. The third kappa shape index (κ3) is 8.52. The molecular weight excluding hydrogens is 671 g/mol. The largest absolute Gasteiger partial charge is 0.165 e. The smallest absolute Gasteiger partial charge is 0.0248 e. The van der Waals surface area contributed by atoms with Gasteiger partial charge in [-0.15, -0.1) is 81.8 Å². The van der Waals surface area contributed by atoms with Crippen LogP contribution in [0.5, 0.6) is 0 Å². The van der Waals surface area contributed by atoms with Crippen molar-refractivity contribution in [3.05, 3.63) is 131 Å². The normalized spacial score (nSPS) is 13.6. The first-order chi connectivity index (χ1) is 20.4. The van der Waals surface area contributed by atoms with E-state index < -0.39 is 0 Å². The summed E-state index contributed by atoms with van der Waals surface area (Å²) in [6.07, 6.45) is 5.44. The van der Waals surface area contributed by atoms with Gasteiger partial charge in [0, 0.05) is 0 Å². The summed E-state index contributed by atoms with van der Waals surface area (Å²) in [5, 5.41) is 5.60. The Kier molecular flexibility index (Phi) is 12.1. The molecule has 224 valence electrons. The summed E-state index contributed by atoms with van der Waals surface area (Å²) in [6.45, 7) is 8.99. The Morgan fingerprint density at radius 1 is 0.568 bits per heavy atom. The zero-order chi connectivity index (χ0) is 29.2. The van der Waals surface area contributed by atoms with Crippen molar-refractivity contribution in [2.75, 3.05) is 0 Å². The first-order valence-corrected chi connectivity index (χ1v) is 21.6. The summed E-state index contributed by atoms with van der Waals surface area (Å²) in [6, 6.07) is 40.4. The molecule has 2 saturated carbocycles. The van der Waals surface area contributed by atoms with Gasteiger partial charge < -0.3 is 0 Å². The van der Waals surface area contributed by atoms with E-state index in [1.54, 1.807) is 23.3 Å². The SMILES string of the molecule is C[Si](C)=[Zr+2].Cc1cc2c(-c3ccccc3)cc(C3CC3)cc2[cH-]1.Cc1cc2c(-c3ccccc3)cc(C3CC3)cc2[cH-]1.Cl.Cl. The molecule has 0 amide bonds. The van der Waals surface area contributed by atoms with Gasteiger partial charge in [-0.25, -0.2) is 0 Å². The number of rotatable bonds is 4. The fourth-order valence-corrected chi connectivity index (χ4v) is 6.01. The second kappa shape index (κ2) is 15.4. The second-order valence-corrected chi connectivity index (χ2v) is 21.9. The maximum absolute atomic E-state index is 2.41. The molecule has 2 fully saturated rings. The number of aryl methyl sites for hydroxylation is 2. The standard InChI is InChI=1S/2C19H17.C2H6Si.2ClH.Zr/c2*1-13-9-17-11-16(14-7-8-14)12-19(18(17)10-13)15-5-3-2-4-6-15;1-3-2;;;/h2*2-6,9-12,14H,7-8H2,1H3;1-2H3;2*1H;/q2*-1;;;;+2. The maximum atomic E-state index is 2.41. The molecular formula is C40H42Cl2SiZr. The maximum Gasteiger partial charge on any atom is -0.0248 e. The summed E-state index contributed by atoms with van der Waals surface area (Å²) in [5.74, 6) is 1.61. The Bertz CT molecular complexity index is 1710. The summed E-state index contributed by atoms with van der Waals surface area (Å²) in [5.41, 5.74) is 11.4. The number of hydrogen-bond acceptors (Lipinski definition) is 0. The molecule has 0 spiro atoms. The van der Waals surface area contributed by atoms with Gasteiger partial charge in [0.1, 0.15) is 0 Å². The molecule has 0 unspecified atom stereocenters. The van der Waals surface area contributed by atoms with Gasteiger partial charge in [0.2, 0.25) is 0 Å². The Labute approximate surface area is 291 Å². The molecule has 0 heterocycles. The Hall–Kier alpha value is -2.22. The first kappa shape index (κ1) is 34.6. The van der Waals surface area contributed by atoms with E-state index in [4.69, 9.17) is 0 Å².